The summed E-state index contributed by atoms with van der Waals surface area (Å²) in [5.41, 5.74) is 0. The number of halogens is 1. The summed E-state index contributed by atoms with van der Waals surface area (Å²) in [6.45, 7) is 0. The summed E-state index contributed by atoms with van der Waals surface area (Å²) in [7, 11) is 1.66. The van der Waals surface area contributed by atoms with Gasteiger partial charge in [-0.05, 0) is 31.3 Å². The van der Waals surface area contributed by atoms with Crippen LogP contribution in [0.4, 0.5) is 0 Å². The molecule has 0 amide bonds. The number of carboxylic acids is 1. The maximum Gasteiger partial charge on any atom is 0.303 e. The summed E-state index contributed by atoms with van der Waals surface area (Å²) >= 11 is 3.52. The number of aliphatic carboxylic acids is 1. The summed E-state index contributed by atoms with van der Waals surface area (Å²) in [4.78, 5) is 10.6. The second kappa shape index (κ2) is 5.39. The Labute approximate surface area is 92.3 Å². The largest absolute Gasteiger partial charge is 0.500 e. The molecule has 0 spiro atoms. The lowest BCUT2D eigenvalue weighted by Gasteiger charge is -2.24. The van der Waals surface area contributed by atoms with E-state index in [0.717, 1.165) is 25.0 Å². The third kappa shape index (κ3) is 3.33. The molecule has 0 heterocycles. The zero-order chi connectivity index (χ0) is 10.6. The van der Waals surface area contributed by atoms with Crippen LogP contribution < -0.4 is 0 Å². The number of ether oxygens (including phenoxy) is 1. The van der Waals surface area contributed by atoms with E-state index in [9.17, 15) is 4.79 Å². The molecule has 0 fully saturated rings. The van der Waals surface area contributed by atoms with Crippen molar-refractivity contribution in [3.63, 3.8) is 0 Å². The van der Waals surface area contributed by atoms with E-state index in [4.69, 9.17) is 9.84 Å². The van der Waals surface area contributed by atoms with Gasteiger partial charge in [0.25, 0.3) is 0 Å². The number of methoxy groups -OCH3 is 1. The molecule has 0 radical (unpaired) electrons. The number of allylic oxidation sites excluding steroid dienone is 2. The number of rotatable bonds is 4. The molecular formula is C10H15BrO3. The molecule has 0 aromatic rings. The molecule has 0 aromatic heterocycles. The summed E-state index contributed by atoms with van der Waals surface area (Å²) < 4.78 is 5.18. The second-order valence-electron chi connectivity index (χ2n) is 3.55. The van der Waals surface area contributed by atoms with E-state index in [1.807, 2.05) is 0 Å². The monoisotopic (exact) mass is 262 g/mol. The highest BCUT2D eigenvalue weighted by atomic mass is 79.9. The van der Waals surface area contributed by atoms with Crippen LogP contribution in [0.2, 0.25) is 0 Å². The Morgan fingerprint density at radius 2 is 2.50 bits per heavy atom. The predicted octanol–water partition coefficient (Wildman–Crippen LogP) is 2.56. The maximum absolute atomic E-state index is 10.4. The molecule has 3 nitrogen and oxygen atoms in total. The van der Waals surface area contributed by atoms with Crippen molar-refractivity contribution in [2.45, 2.75) is 30.5 Å². The van der Waals surface area contributed by atoms with Crippen molar-refractivity contribution in [2.75, 3.05) is 7.11 Å². The maximum atomic E-state index is 10.4. The number of carboxylic acid groups (broad SMARTS) is 1. The number of hydrogen-bond donors (Lipinski definition) is 1. The zero-order valence-corrected chi connectivity index (χ0v) is 9.79. The van der Waals surface area contributed by atoms with E-state index in [-0.39, 0.29) is 11.2 Å². The Morgan fingerprint density at radius 3 is 3.00 bits per heavy atom. The summed E-state index contributed by atoms with van der Waals surface area (Å²) in [6.07, 6.45) is 4.96. The topological polar surface area (TPSA) is 46.5 Å². The predicted molar refractivity (Wildman–Crippen MR) is 57.4 cm³/mol. The lowest BCUT2D eigenvalue weighted by molar-refractivity contribution is -0.137. The van der Waals surface area contributed by atoms with Crippen molar-refractivity contribution in [1.29, 1.82) is 0 Å². The Bertz CT molecular complexity index is 238. The van der Waals surface area contributed by atoms with Crippen LogP contribution in [0.3, 0.4) is 0 Å². The van der Waals surface area contributed by atoms with Crippen LogP contribution in [0.15, 0.2) is 11.8 Å². The van der Waals surface area contributed by atoms with Gasteiger partial charge in [0.2, 0.25) is 0 Å². The first-order valence-corrected chi connectivity index (χ1v) is 5.65. The number of hydrogen-bond acceptors (Lipinski definition) is 2. The molecule has 1 aliphatic rings. The zero-order valence-electron chi connectivity index (χ0n) is 8.20. The van der Waals surface area contributed by atoms with Crippen LogP contribution in [-0.2, 0) is 9.53 Å². The minimum atomic E-state index is -0.711. The molecule has 4 heteroatoms. The number of carbonyl (C=O) groups is 1. The molecule has 0 aliphatic heterocycles. The fourth-order valence-electron chi connectivity index (χ4n) is 1.69. The van der Waals surface area contributed by atoms with Crippen LogP contribution in [0, 0.1) is 5.92 Å². The third-order valence-corrected chi connectivity index (χ3v) is 3.33. The fourth-order valence-corrected chi connectivity index (χ4v) is 2.59. The van der Waals surface area contributed by atoms with Crippen molar-refractivity contribution in [3.05, 3.63) is 11.8 Å². The minimum absolute atomic E-state index is 0.250. The van der Waals surface area contributed by atoms with Gasteiger partial charge < -0.3 is 9.84 Å². The summed E-state index contributed by atoms with van der Waals surface area (Å²) in [5.74, 6) is 0.726. The van der Waals surface area contributed by atoms with Gasteiger partial charge in [0.15, 0.2) is 0 Å². The standard InChI is InChI=1S/C10H15BrO3/c1-14-9-4-2-7(6-8(9)11)3-5-10(12)13/h4,7-8H,2-3,5-6H2,1H3,(H,12,13). The van der Waals surface area contributed by atoms with E-state index in [2.05, 4.69) is 22.0 Å². The number of alkyl halides is 1. The summed E-state index contributed by atoms with van der Waals surface area (Å²) in [6, 6.07) is 0. The molecule has 2 atom stereocenters. The first-order valence-electron chi connectivity index (χ1n) is 4.73. The first-order chi connectivity index (χ1) is 6.63. The second-order valence-corrected chi connectivity index (χ2v) is 4.65. The van der Waals surface area contributed by atoms with E-state index in [0.29, 0.717) is 5.92 Å². The van der Waals surface area contributed by atoms with Gasteiger partial charge in [0.1, 0.15) is 5.76 Å². The Balaban J connectivity index is 2.39. The van der Waals surface area contributed by atoms with E-state index in [1.165, 1.54) is 0 Å². The quantitative estimate of drug-likeness (QED) is 0.793. The van der Waals surface area contributed by atoms with Crippen molar-refractivity contribution in [3.8, 4) is 0 Å². The highest BCUT2D eigenvalue weighted by Crippen LogP contribution is 2.31. The van der Waals surface area contributed by atoms with Gasteiger partial charge in [-0.3, -0.25) is 4.79 Å². The molecular weight excluding hydrogens is 248 g/mol. The molecule has 14 heavy (non-hydrogen) atoms. The molecule has 1 N–H and O–H groups in total. The van der Waals surface area contributed by atoms with Crippen LogP contribution in [0.1, 0.15) is 25.7 Å². The van der Waals surface area contributed by atoms with Crippen LogP contribution >= 0.6 is 15.9 Å². The van der Waals surface area contributed by atoms with Crippen molar-refractivity contribution >= 4 is 21.9 Å². The smallest absolute Gasteiger partial charge is 0.303 e. The van der Waals surface area contributed by atoms with Gasteiger partial charge in [-0.25, -0.2) is 0 Å². The minimum Gasteiger partial charge on any atom is -0.500 e. The average molecular weight is 263 g/mol. The van der Waals surface area contributed by atoms with E-state index in [1.54, 1.807) is 7.11 Å². The molecule has 80 valence electrons. The van der Waals surface area contributed by atoms with E-state index < -0.39 is 5.97 Å². The van der Waals surface area contributed by atoms with Gasteiger partial charge in [-0.1, -0.05) is 15.9 Å². The highest BCUT2D eigenvalue weighted by Gasteiger charge is 2.23. The molecule has 2 unspecified atom stereocenters. The molecule has 1 aliphatic carbocycles. The normalized spacial score (nSPS) is 26.9. The van der Waals surface area contributed by atoms with Gasteiger partial charge in [-0.2, -0.15) is 0 Å². The molecule has 0 saturated carbocycles. The highest BCUT2D eigenvalue weighted by molar-refractivity contribution is 9.09. The SMILES string of the molecule is COC1=CCC(CCC(=O)O)CC1Br. The van der Waals surface area contributed by atoms with Gasteiger partial charge >= 0.3 is 5.97 Å². The van der Waals surface area contributed by atoms with E-state index >= 15 is 0 Å². The van der Waals surface area contributed by atoms with Gasteiger partial charge in [-0.15, -0.1) is 0 Å². The van der Waals surface area contributed by atoms with Crippen LogP contribution in [0.5, 0.6) is 0 Å². The van der Waals surface area contributed by atoms with Crippen molar-refractivity contribution in [1.82, 2.24) is 0 Å². The van der Waals surface area contributed by atoms with Crippen molar-refractivity contribution < 1.29 is 14.6 Å². The lowest BCUT2D eigenvalue weighted by Crippen LogP contribution is -2.17. The van der Waals surface area contributed by atoms with Gasteiger partial charge in [0.05, 0.1) is 11.9 Å². The Kier molecular flexibility index (Phi) is 4.45. The third-order valence-electron chi connectivity index (χ3n) is 2.50. The first kappa shape index (κ1) is 11.6. The Hall–Kier alpha value is -0.510. The molecule has 0 aromatic carbocycles. The fraction of sp³-hybridized carbons (Fsp3) is 0.700. The van der Waals surface area contributed by atoms with Gasteiger partial charge in [0, 0.05) is 6.42 Å². The molecule has 1 rings (SSSR count). The van der Waals surface area contributed by atoms with Crippen LogP contribution in [-0.4, -0.2) is 23.0 Å². The summed E-state index contributed by atoms with van der Waals surface area (Å²) in [5, 5.41) is 8.56. The molecule has 0 saturated heterocycles. The van der Waals surface area contributed by atoms with Crippen molar-refractivity contribution in [2.24, 2.45) is 5.92 Å². The average Bonchev–Trinajstić information content (AvgIpc) is 2.15. The Morgan fingerprint density at radius 1 is 1.79 bits per heavy atom. The van der Waals surface area contributed by atoms with Crippen LogP contribution in [0.25, 0.3) is 0 Å². The lowest BCUT2D eigenvalue weighted by atomic mass is 9.89. The molecule has 0 bridgehead atoms.